The summed E-state index contributed by atoms with van der Waals surface area (Å²) >= 11 is 0. The van der Waals surface area contributed by atoms with Crippen molar-refractivity contribution < 1.29 is 9.94 Å². The molecule has 0 aromatic heterocycles. The third kappa shape index (κ3) is 1.91. The van der Waals surface area contributed by atoms with E-state index in [1.165, 1.54) is 0 Å². The Balaban J connectivity index is 2.32. The second kappa shape index (κ2) is 3.30. The lowest BCUT2D eigenvalue weighted by molar-refractivity contribution is -0.0650. The molecule has 1 aliphatic heterocycles. The van der Waals surface area contributed by atoms with Gasteiger partial charge in [0.2, 0.25) is 0 Å². The van der Waals surface area contributed by atoms with E-state index in [0.717, 1.165) is 25.9 Å². The molecule has 0 atom stereocenters. The fourth-order valence-electron chi connectivity index (χ4n) is 1.19. The van der Waals surface area contributed by atoms with Crippen LogP contribution in [-0.4, -0.2) is 30.4 Å². The Kier molecular flexibility index (Phi) is 2.62. The van der Waals surface area contributed by atoms with Crippen LogP contribution >= 0.6 is 0 Å². The van der Waals surface area contributed by atoms with E-state index in [1.54, 1.807) is 0 Å². The highest BCUT2D eigenvalue weighted by molar-refractivity contribution is 4.83. The van der Waals surface area contributed by atoms with E-state index in [-0.39, 0.29) is 6.61 Å². The minimum Gasteiger partial charge on any atom is -0.387 e. The lowest BCUT2D eigenvalue weighted by Gasteiger charge is -2.31. The fourth-order valence-corrected chi connectivity index (χ4v) is 1.19. The van der Waals surface area contributed by atoms with Gasteiger partial charge in [0, 0.05) is 0 Å². The minimum absolute atomic E-state index is 0.245. The van der Waals surface area contributed by atoms with E-state index in [0.29, 0.717) is 0 Å². The zero-order valence-corrected chi connectivity index (χ0v) is 5.97. The van der Waals surface area contributed by atoms with Crippen LogP contribution in [0.15, 0.2) is 0 Å². The Morgan fingerprint density at radius 2 is 2.10 bits per heavy atom. The number of rotatable bonds is 2. The van der Waals surface area contributed by atoms with E-state index in [1.807, 2.05) is 0 Å². The second-order valence-electron chi connectivity index (χ2n) is 2.79. The molecule has 0 bridgehead atoms. The Morgan fingerprint density at radius 3 is 2.60 bits per heavy atom. The summed E-state index contributed by atoms with van der Waals surface area (Å²) in [5.74, 6) is 4.86. The van der Waals surface area contributed by atoms with Crippen molar-refractivity contribution in [3.8, 4) is 0 Å². The monoisotopic (exact) mass is 146 g/mol. The number of aliphatic hydroxyl groups is 1. The first-order chi connectivity index (χ1) is 4.77. The van der Waals surface area contributed by atoms with Gasteiger partial charge in [-0.1, -0.05) is 0 Å². The van der Waals surface area contributed by atoms with Crippen molar-refractivity contribution in [3.05, 3.63) is 0 Å². The van der Waals surface area contributed by atoms with Crippen LogP contribution < -0.4 is 11.2 Å². The Morgan fingerprint density at radius 1 is 1.50 bits per heavy atom. The summed E-state index contributed by atoms with van der Waals surface area (Å²) in [4.78, 5) is 4.41. The van der Waals surface area contributed by atoms with Crippen LogP contribution in [-0.2, 0) is 4.84 Å². The van der Waals surface area contributed by atoms with Crippen molar-refractivity contribution in [1.29, 1.82) is 0 Å². The molecular weight excluding hydrogens is 132 g/mol. The third-order valence-corrected chi connectivity index (χ3v) is 1.89. The van der Waals surface area contributed by atoms with Gasteiger partial charge in [0.1, 0.15) is 0 Å². The van der Waals surface area contributed by atoms with Crippen molar-refractivity contribution in [2.24, 2.45) is 5.90 Å². The predicted molar refractivity (Wildman–Crippen MR) is 37.2 cm³/mol. The Labute approximate surface area is 60.3 Å². The average Bonchev–Trinajstić information content (AvgIpc) is 1.89. The normalized spacial score (nSPS) is 24.6. The highest BCUT2D eigenvalue weighted by Crippen LogP contribution is 2.16. The molecule has 0 amide bonds. The number of piperidine rings is 1. The molecule has 1 fully saturated rings. The maximum atomic E-state index is 9.63. The molecule has 0 aromatic rings. The Bertz CT molecular complexity index is 96.4. The summed E-state index contributed by atoms with van der Waals surface area (Å²) in [6.45, 7) is 1.94. The highest BCUT2D eigenvalue weighted by Gasteiger charge is 2.28. The lowest BCUT2D eigenvalue weighted by Crippen LogP contribution is -2.45. The van der Waals surface area contributed by atoms with Gasteiger partial charge in [0.05, 0.1) is 12.2 Å². The quantitative estimate of drug-likeness (QED) is 0.437. The first-order valence-electron chi connectivity index (χ1n) is 3.52. The van der Waals surface area contributed by atoms with Crippen molar-refractivity contribution in [1.82, 2.24) is 5.32 Å². The van der Waals surface area contributed by atoms with Crippen LogP contribution in [0.1, 0.15) is 12.8 Å². The second-order valence-corrected chi connectivity index (χ2v) is 2.79. The van der Waals surface area contributed by atoms with Gasteiger partial charge in [0.25, 0.3) is 0 Å². The highest BCUT2D eigenvalue weighted by atomic mass is 16.6. The molecule has 4 nitrogen and oxygen atoms in total. The molecule has 0 aliphatic carbocycles. The van der Waals surface area contributed by atoms with Crippen LogP contribution in [0.2, 0.25) is 0 Å². The van der Waals surface area contributed by atoms with E-state index < -0.39 is 5.60 Å². The van der Waals surface area contributed by atoms with Crippen LogP contribution in [0.5, 0.6) is 0 Å². The molecule has 0 spiro atoms. The summed E-state index contributed by atoms with van der Waals surface area (Å²) in [6.07, 6.45) is 1.45. The van der Waals surface area contributed by atoms with Crippen LogP contribution in [0, 0.1) is 0 Å². The Hall–Kier alpha value is -0.160. The smallest absolute Gasteiger partial charge is 0.0967 e. The van der Waals surface area contributed by atoms with E-state index >= 15 is 0 Å². The van der Waals surface area contributed by atoms with Crippen molar-refractivity contribution in [3.63, 3.8) is 0 Å². The predicted octanol–water partition coefficient (Wildman–Crippen LogP) is -1.01. The number of nitrogens with one attached hydrogen (secondary N) is 1. The van der Waals surface area contributed by atoms with Gasteiger partial charge in [0.15, 0.2) is 0 Å². The van der Waals surface area contributed by atoms with Crippen molar-refractivity contribution >= 4 is 0 Å². The summed E-state index contributed by atoms with van der Waals surface area (Å²) < 4.78 is 0. The molecule has 1 heterocycles. The largest absolute Gasteiger partial charge is 0.387 e. The summed E-state index contributed by atoms with van der Waals surface area (Å²) in [5, 5.41) is 12.8. The van der Waals surface area contributed by atoms with Crippen LogP contribution in [0.4, 0.5) is 0 Å². The molecule has 60 valence electrons. The van der Waals surface area contributed by atoms with E-state index in [9.17, 15) is 5.11 Å². The number of hydrogen-bond donors (Lipinski definition) is 3. The fraction of sp³-hybridized carbons (Fsp3) is 1.00. The topological polar surface area (TPSA) is 67.5 Å². The molecule has 1 saturated heterocycles. The standard InChI is InChI=1S/C6H14N2O2/c7-10-5-6(9)1-3-8-4-2-6/h8-9H,1-5,7H2. The minimum atomic E-state index is -0.681. The van der Waals surface area contributed by atoms with Crippen LogP contribution in [0.25, 0.3) is 0 Å². The van der Waals surface area contributed by atoms with E-state index in [4.69, 9.17) is 5.90 Å². The van der Waals surface area contributed by atoms with Gasteiger partial charge in [-0.2, -0.15) is 0 Å². The molecule has 0 aromatic carbocycles. The molecular formula is C6H14N2O2. The van der Waals surface area contributed by atoms with Gasteiger partial charge in [-0.3, -0.25) is 0 Å². The molecule has 1 aliphatic rings. The molecule has 10 heavy (non-hydrogen) atoms. The van der Waals surface area contributed by atoms with Crippen molar-refractivity contribution in [2.75, 3.05) is 19.7 Å². The lowest BCUT2D eigenvalue weighted by atomic mass is 9.94. The zero-order chi connectivity index (χ0) is 7.45. The number of nitrogens with two attached hydrogens (primary N) is 1. The van der Waals surface area contributed by atoms with Gasteiger partial charge in [-0.25, -0.2) is 5.90 Å². The summed E-state index contributed by atoms with van der Waals surface area (Å²) in [6, 6.07) is 0. The van der Waals surface area contributed by atoms with Gasteiger partial charge in [-0.15, -0.1) is 0 Å². The maximum absolute atomic E-state index is 9.63. The molecule has 4 heteroatoms. The average molecular weight is 146 g/mol. The summed E-state index contributed by atoms with van der Waals surface area (Å²) in [7, 11) is 0. The zero-order valence-electron chi connectivity index (χ0n) is 5.97. The summed E-state index contributed by atoms with van der Waals surface area (Å²) in [5.41, 5.74) is -0.681. The van der Waals surface area contributed by atoms with Gasteiger partial charge < -0.3 is 15.3 Å². The third-order valence-electron chi connectivity index (χ3n) is 1.89. The van der Waals surface area contributed by atoms with E-state index in [2.05, 4.69) is 10.2 Å². The van der Waals surface area contributed by atoms with Gasteiger partial charge in [-0.05, 0) is 25.9 Å². The maximum Gasteiger partial charge on any atom is 0.0967 e. The van der Waals surface area contributed by atoms with Crippen LogP contribution in [0.3, 0.4) is 0 Å². The molecule has 0 radical (unpaired) electrons. The number of hydrogen-bond acceptors (Lipinski definition) is 4. The first kappa shape index (κ1) is 7.94. The molecule has 1 rings (SSSR count). The van der Waals surface area contributed by atoms with Crippen molar-refractivity contribution in [2.45, 2.75) is 18.4 Å². The molecule has 4 N–H and O–H groups in total. The van der Waals surface area contributed by atoms with Gasteiger partial charge >= 0.3 is 0 Å². The SMILES string of the molecule is NOCC1(O)CCNCC1. The first-order valence-corrected chi connectivity index (χ1v) is 3.52. The molecule has 0 saturated carbocycles. The molecule has 0 unspecified atom stereocenters.